The van der Waals surface area contributed by atoms with Crippen molar-refractivity contribution in [2.75, 3.05) is 7.11 Å². The lowest BCUT2D eigenvalue weighted by Gasteiger charge is -2.32. The van der Waals surface area contributed by atoms with E-state index >= 15 is 0 Å². The number of carbonyl (C=O) groups excluding carboxylic acids is 2. The highest BCUT2D eigenvalue weighted by Crippen LogP contribution is 2.37. The molecule has 1 saturated carbocycles. The quantitative estimate of drug-likeness (QED) is 0.608. The van der Waals surface area contributed by atoms with Crippen LogP contribution < -0.4 is 0 Å². The molecule has 96 valence electrons. The number of hydrogen-bond donors (Lipinski definition) is 0. The third-order valence-electron chi connectivity index (χ3n) is 3.83. The molecule has 0 N–H and O–H groups in total. The van der Waals surface area contributed by atoms with Crippen LogP contribution in [-0.2, 0) is 14.9 Å². The highest BCUT2D eigenvalue weighted by Gasteiger charge is 2.33. The molecule has 1 aliphatic carbocycles. The lowest BCUT2D eigenvalue weighted by atomic mass is 9.70. The minimum absolute atomic E-state index is 0.353. The molecule has 0 aromatic heterocycles. The third-order valence-corrected chi connectivity index (χ3v) is 3.83. The summed E-state index contributed by atoms with van der Waals surface area (Å²) in [5.74, 6) is -0.353. The first-order valence-electron chi connectivity index (χ1n) is 6.37. The Morgan fingerprint density at radius 2 is 2.00 bits per heavy atom. The van der Waals surface area contributed by atoms with Crippen LogP contribution in [0.4, 0.5) is 0 Å². The normalized spacial score (nSPS) is 18.1. The Morgan fingerprint density at radius 3 is 2.61 bits per heavy atom. The lowest BCUT2D eigenvalue weighted by molar-refractivity contribution is -0.113. The Morgan fingerprint density at radius 1 is 1.28 bits per heavy atom. The van der Waals surface area contributed by atoms with E-state index in [4.69, 9.17) is 4.74 Å². The van der Waals surface area contributed by atoms with Gasteiger partial charge in [-0.1, -0.05) is 31.4 Å². The summed E-state index contributed by atoms with van der Waals surface area (Å²) in [5.41, 5.74) is 1.06. The van der Waals surface area contributed by atoms with E-state index in [1.165, 1.54) is 13.5 Å². The fourth-order valence-corrected chi connectivity index (χ4v) is 2.73. The zero-order valence-electron chi connectivity index (χ0n) is 10.6. The largest absolute Gasteiger partial charge is 0.465 e. The average Bonchev–Trinajstić information content (AvgIpc) is 2.47. The van der Waals surface area contributed by atoms with Gasteiger partial charge >= 0.3 is 5.97 Å². The molecule has 0 atom stereocenters. The van der Waals surface area contributed by atoms with Crippen LogP contribution in [0, 0.1) is 0 Å². The maximum atomic E-state index is 11.5. The molecule has 18 heavy (non-hydrogen) atoms. The molecule has 0 heterocycles. The van der Waals surface area contributed by atoms with Crippen molar-refractivity contribution in [3.05, 3.63) is 35.4 Å². The van der Waals surface area contributed by atoms with Gasteiger partial charge in [0.2, 0.25) is 0 Å². The van der Waals surface area contributed by atoms with Crippen LogP contribution >= 0.6 is 0 Å². The van der Waals surface area contributed by atoms with Crippen molar-refractivity contribution in [3.63, 3.8) is 0 Å². The number of rotatable bonds is 3. The molecule has 3 heteroatoms. The van der Waals surface area contributed by atoms with E-state index in [0.717, 1.165) is 37.5 Å². The van der Waals surface area contributed by atoms with Crippen molar-refractivity contribution in [2.24, 2.45) is 0 Å². The van der Waals surface area contributed by atoms with Gasteiger partial charge in [0.05, 0.1) is 18.1 Å². The second-order valence-electron chi connectivity index (χ2n) is 4.91. The molecular formula is C15H18O3. The lowest BCUT2D eigenvalue weighted by Crippen LogP contribution is -2.30. The minimum Gasteiger partial charge on any atom is -0.465 e. The van der Waals surface area contributed by atoms with Gasteiger partial charge in [0.1, 0.15) is 6.29 Å². The molecule has 1 aliphatic rings. The molecule has 1 fully saturated rings. The molecule has 1 aromatic rings. The molecule has 0 saturated heterocycles. The summed E-state index contributed by atoms with van der Waals surface area (Å²) in [6.07, 6.45) is 6.14. The Labute approximate surface area is 107 Å². The van der Waals surface area contributed by atoms with Gasteiger partial charge < -0.3 is 9.53 Å². The van der Waals surface area contributed by atoms with E-state index in [2.05, 4.69) is 0 Å². The average molecular weight is 246 g/mol. The van der Waals surface area contributed by atoms with E-state index in [9.17, 15) is 9.59 Å². The predicted octanol–water partition coefficient (Wildman–Crippen LogP) is 2.87. The van der Waals surface area contributed by atoms with Crippen molar-refractivity contribution in [3.8, 4) is 0 Å². The fourth-order valence-electron chi connectivity index (χ4n) is 2.73. The number of hydrogen-bond acceptors (Lipinski definition) is 3. The predicted molar refractivity (Wildman–Crippen MR) is 68.6 cm³/mol. The zero-order valence-corrected chi connectivity index (χ0v) is 10.6. The van der Waals surface area contributed by atoms with Gasteiger partial charge in [-0.05, 0) is 30.5 Å². The smallest absolute Gasteiger partial charge is 0.337 e. The molecule has 0 aliphatic heterocycles. The maximum absolute atomic E-state index is 11.5. The van der Waals surface area contributed by atoms with E-state index in [0.29, 0.717) is 5.56 Å². The van der Waals surface area contributed by atoms with Crippen LogP contribution in [-0.4, -0.2) is 19.4 Å². The molecule has 1 aromatic carbocycles. The molecule has 0 radical (unpaired) electrons. The SMILES string of the molecule is COC(=O)c1cccc(C2(C=O)CCCCC2)c1. The van der Waals surface area contributed by atoms with Gasteiger partial charge in [-0.2, -0.15) is 0 Å². The zero-order chi connectivity index (χ0) is 13.0. The van der Waals surface area contributed by atoms with Crippen LogP contribution in [0.1, 0.15) is 48.0 Å². The van der Waals surface area contributed by atoms with Crippen molar-refractivity contribution in [2.45, 2.75) is 37.5 Å². The number of aldehydes is 1. The number of methoxy groups -OCH3 is 1. The number of benzene rings is 1. The number of esters is 1. The van der Waals surface area contributed by atoms with Crippen molar-refractivity contribution < 1.29 is 14.3 Å². The van der Waals surface area contributed by atoms with E-state index in [1.54, 1.807) is 12.1 Å². The summed E-state index contributed by atoms with van der Waals surface area (Å²) in [6.45, 7) is 0. The Balaban J connectivity index is 2.36. The van der Waals surface area contributed by atoms with Gasteiger partial charge in [0.25, 0.3) is 0 Å². The summed E-state index contributed by atoms with van der Waals surface area (Å²) in [6, 6.07) is 7.27. The number of carbonyl (C=O) groups is 2. The Bertz CT molecular complexity index is 445. The van der Waals surface area contributed by atoms with Gasteiger partial charge in [-0.25, -0.2) is 4.79 Å². The van der Waals surface area contributed by atoms with Crippen molar-refractivity contribution >= 4 is 12.3 Å². The Kier molecular flexibility index (Phi) is 3.80. The molecule has 0 amide bonds. The summed E-state index contributed by atoms with van der Waals surface area (Å²) in [4.78, 5) is 23.0. The van der Waals surface area contributed by atoms with E-state index in [-0.39, 0.29) is 5.97 Å². The van der Waals surface area contributed by atoms with Gasteiger partial charge in [-0.3, -0.25) is 0 Å². The highest BCUT2D eigenvalue weighted by atomic mass is 16.5. The monoisotopic (exact) mass is 246 g/mol. The highest BCUT2D eigenvalue weighted by molar-refractivity contribution is 5.89. The summed E-state index contributed by atoms with van der Waals surface area (Å²) >= 11 is 0. The van der Waals surface area contributed by atoms with E-state index in [1.807, 2.05) is 12.1 Å². The second kappa shape index (κ2) is 5.34. The van der Waals surface area contributed by atoms with Crippen molar-refractivity contribution in [1.82, 2.24) is 0 Å². The first kappa shape index (κ1) is 12.8. The molecule has 2 rings (SSSR count). The molecule has 0 unspecified atom stereocenters. The van der Waals surface area contributed by atoms with Crippen LogP contribution in [0.25, 0.3) is 0 Å². The second-order valence-corrected chi connectivity index (χ2v) is 4.91. The maximum Gasteiger partial charge on any atom is 0.337 e. The van der Waals surface area contributed by atoms with Crippen LogP contribution in [0.3, 0.4) is 0 Å². The van der Waals surface area contributed by atoms with Crippen LogP contribution in [0.15, 0.2) is 24.3 Å². The summed E-state index contributed by atoms with van der Waals surface area (Å²) in [5, 5.41) is 0. The summed E-state index contributed by atoms with van der Waals surface area (Å²) in [7, 11) is 1.37. The van der Waals surface area contributed by atoms with Gasteiger partial charge in [0, 0.05) is 0 Å². The first-order chi connectivity index (χ1) is 8.72. The topological polar surface area (TPSA) is 43.4 Å². The van der Waals surface area contributed by atoms with Crippen molar-refractivity contribution in [1.29, 1.82) is 0 Å². The number of ether oxygens (including phenoxy) is 1. The minimum atomic E-state index is -0.401. The fraction of sp³-hybridized carbons (Fsp3) is 0.467. The van der Waals surface area contributed by atoms with Crippen LogP contribution in [0.5, 0.6) is 0 Å². The summed E-state index contributed by atoms with van der Waals surface area (Å²) < 4.78 is 4.72. The van der Waals surface area contributed by atoms with Gasteiger partial charge in [-0.15, -0.1) is 0 Å². The Hall–Kier alpha value is -1.64. The molecule has 3 nitrogen and oxygen atoms in total. The first-order valence-corrected chi connectivity index (χ1v) is 6.37. The third kappa shape index (κ3) is 2.30. The standard InChI is InChI=1S/C15H18O3/c1-18-14(17)12-6-5-7-13(10-12)15(11-16)8-3-2-4-9-15/h5-7,10-11H,2-4,8-9H2,1H3. The molecule has 0 bridgehead atoms. The van der Waals surface area contributed by atoms with Crippen LogP contribution in [0.2, 0.25) is 0 Å². The molecular weight excluding hydrogens is 228 g/mol. The molecule has 0 spiro atoms. The van der Waals surface area contributed by atoms with Gasteiger partial charge in [0.15, 0.2) is 0 Å². The van der Waals surface area contributed by atoms with E-state index < -0.39 is 5.41 Å².